The van der Waals surface area contributed by atoms with Crippen molar-refractivity contribution in [3.63, 3.8) is 0 Å². The normalized spacial score (nSPS) is 24.9. The second-order valence-electron chi connectivity index (χ2n) is 4.98. The molecule has 0 unspecified atom stereocenters. The molecule has 1 heterocycles. The van der Waals surface area contributed by atoms with Crippen LogP contribution in [0.4, 0.5) is 13.2 Å². The molecule has 0 aromatic carbocycles. The van der Waals surface area contributed by atoms with Gasteiger partial charge in [-0.2, -0.15) is 13.2 Å². The minimum Gasteiger partial charge on any atom is -0.330 e. The SMILES string of the molecule is C=C(/C=C\C=C/C)[C@@H]1CCC(=O)N(CC(F)(F)F)[C@@H]1C. The first-order valence-electron chi connectivity index (χ1n) is 6.60. The van der Waals surface area contributed by atoms with Gasteiger partial charge in [0.15, 0.2) is 0 Å². The van der Waals surface area contributed by atoms with Crippen molar-refractivity contribution in [2.24, 2.45) is 5.92 Å². The summed E-state index contributed by atoms with van der Waals surface area (Å²) < 4.78 is 37.6. The molecule has 1 saturated heterocycles. The number of hydrogen-bond donors (Lipinski definition) is 0. The maximum absolute atomic E-state index is 12.5. The van der Waals surface area contributed by atoms with E-state index in [4.69, 9.17) is 0 Å². The van der Waals surface area contributed by atoms with Crippen LogP contribution in [0.25, 0.3) is 0 Å². The number of piperidine rings is 1. The van der Waals surface area contributed by atoms with E-state index >= 15 is 0 Å². The van der Waals surface area contributed by atoms with Crippen LogP contribution in [0.15, 0.2) is 36.5 Å². The average Bonchev–Trinajstić information content (AvgIpc) is 2.33. The van der Waals surface area contributed by atoms with Crippen molar-refractivity contribution in [3.8, 4) is 0 Å². The van der Waals surface area contributed by atoms with Gasteiger partial charge in [0.2, 0.25) is 5.91 Å². The van der Waals surface area contributed by atoms with E-state index in [1.165, 1.54) is 0 Å². The molecule has 1 aliphatic rings. The molecular weight excluding hydrogens is 267 g/mol. The van der Waals surface area contributed by atoms with Crippen LogP contribution < -0.4 is 0 Å². The van der Waals surface area contributed by atoms with Crippen LogP contribution >= 0.6 is 0 Å². The minimum absolute atomic E-state index is 0.128. The summed E-state index contributed by atoms with van der Waals surface area (Å²) in [4.78, 5) is 12.6. The van der Waals surface area contributed by atoms with Gasteiger partial charge in [0.1, 0.15) is 6.54 Å². The number of hydrogen-bond acceptors (Lipinski definition) is 1. The number of halogens is 3. The van der Waals surface area contributed by atoms with Gasteiger partial charge in [-0.3, -0.25) is 4.79 Å². The zero-order valence-electron chi connectivity index (χ0n) is 11.8. The standard InChI is InChI=1S/C15H20F3NO/c1-4-5-6-7-11(2)13-8-9-14(20)19(12(13)3)10-15(16,17)18/h4-7,12-13H,2,8-10H2,1,3H3/b5-4-,7-6-/t12-,13+/m1/s1. The van der Waals surface area contributed by atoms with Crippen molar-refractivity contribution in [1.29, 1.82) is 0 Å². The molecule has 2 atom stereocenters. The zero-order chi connectivity index (χ0) is 15.3. The van der Waals surface area contributed by atoms with Gasteiger partial charge in [0.25, 0.3) is 0 Å². The van der Waals surface area contributed by atoms with Crippen molar-refractivity contribution in [2.75, 3.05) is 6.54 Å². The largest absolute Gasteiger partial charge is 0.406 e. The fourth-order valence-electron chi connectivity index (χ4n) is 2.44. The lowest BCUT2D eigenvalue weighted by Gasteiger charge is -2.40. The Kier molecular flexibility index (Phi) is 5.60. The summed E-state index contributed by atoms with van der Waals surface area (Å²) in [7, 11) is 0. The van der Waals surface area contributed by atoms with E-state index in [2.05, 4.69) is 6.58 Å². The van der Waals surface area contributed by atoms with Crippen LogP contribution in [0.5, 0.6) is 0 Å². The number of nitrogens with zero attached hydrogens (tertiary/aromatic N) is 1. The van der Waals surface area contributed by atoms with Crippen LogP contribution in [0, 0.1) is 5.92 Å². The molecule has 0 aliphatic carbocycles. The fraction of sp³-hybridized carbons (Fsp3) is 0.533. The molecule has 0 radical (unpaired) electrons. The maximum atomic E-state index is 12.5. The van der Waals surface area contributed by atoms with Crippen molar-refractivity contribution in [3.05, 3.63) is 36.5 Å². The highest BCUT2D eigenvalue weighted by Gasteiger charge is 2.40. The monoisotopic (exact) mass is 287 g/mol. The number of likely N-dealkylation sites (tertiary alicyclic amines) is 1. The Labute approximate surface area is 117 Å². The van der Waals surface area contributed by atoms with Crippen LogP contribution in [-0.4, -0.2) is 29.6 Å². The zero-order valence-corrected chi connectivity index (χ0v) is 11.8. The lowest BCUT2D eigenvalue weighted by atomic mass is 9.84. The molecule has 0 saturated carbocycles. The summed E-state index contributed by atoms with van der Waals surface area (Å²) in [5, 5.41) is 0. The molecule has 1 rings (SSSR count). The van der Waals surface area contributed by atoms with Gasteiger partial charge in [-0.15, -0.1) is 0 Å². The molecule has 0 bridgehead atoms. The topological polar surface area (TPSA) is 20.3 Å². The molecule has 1 aliphatic heterocycles. The predicted molar refractivity (Wildman–Crippen MR) is 73.0 cm³/mol. The predicted octanol–water partition coefficient (Wildman–Crippen LogP) is 3.86. The number of alkyl halides is 3. The Balaban J connectivity index is 2.80. The van der Waals surface area contributed by atoms with Crippen LogP contribution in [0.2, 0.25) is 0 Å². The highest BCUT2D eigenvalue weighted by atomic mass is 19.4. The van der Waals surface area contributed by atoms with Gasteiger partial charge in [0, 0.05) is 18.4 Å². The van der Waals surface area contributed by atoms with Crippen molar-refractivity contribution < 1.29 is 18.0 Å². The van der Waals surface area contributed by atoms with Crippen molar-refractivity contribution >= 4 is 5.91 Å². The summed E-state index contributed by atoms with van der Waals surface area (Å²) in [6.07, 6.45) is 3.61. The molecular formula is C15H20F3NO. The van der Waals surface area contributed by atoms with Crippen LogP contribution in [-0.2, 0) is 4.79 Å². The Bertz CT molecular complexity index is 423. The van der Waals surface area contributed by atoms with E-state index in [9.17, 15) is 18.0 Å². The van der Waals surface area contributed by atoms with Gasteiger partial charge >= 0.3 is 6.18 Å². The molecule has 1 fully saturated rings. The third-order valence-electron chi connectivity index (χ3n) is 3.50. The third kappa shape index (κ3) is 4.54. The van der Waals surface area contributed by atoms with E-state index in [1.807, 2.05) is 19.1 Å². The number of rotatable bonds is 4. The maximum Gasteiger partial charge on any atom is 0.406 e. The Morgan fingerprint density at radius 3 is 2.65 bits per heavy atom. The highest BCUT2D eigenvalue weighted by molar-refractivity contribution is 5.77. The Morgan fingerprint density at radius 1 is 1.45 bits per heavy atom. The first kappa shape index (κ1) is 16.5. The lowest BCUT2D eigenvalue weighted by molar-refractivity contribution is -0.170. The number of amides is 1. The smallest absolute Gasteiger partial charge is 0.330 e. The van der Waals surface area contributed by atoms with Gasteiger partial charge in [-0.25, -0.2) is 0 Å². The van der Waals surface area contributed by atoms with E-state index in [0.717, 1.165) is 10.5 Å². The molecule has 0 aromatic rings. The van der Waals surface area contributed by atoms with Crippen LogP contribution in [0.3, 0.4) is 0 Å². The minimum atomic E-state index is -4.37. The third-order valence-corrected chi connectivity index (χ3v) is 3.50. The lowest BCUT2D eigenvalue weighted by Crippen LogP contribution is -2.50. The molecule has 20 heavy (non-hydrogen) atoms. The summed E-state index contributed by atoms with van der Waals surface area (Å²) in [6, 6.07) is -0.486. The summed E-state index contributed by atoms with van der Waals surface area (Å²) in [5.74, 6) is -0.562. The molecule has 0 aromatic heterocycles. The fourth-order valence-corrected chi connectivity index (χ4v) is 2.44. The molecule has 0 spiro atoms. The molecule has 2 nitrogen and oxygen atoms in total. The van der Waals surface area contributed by atoms with E-state index in [-0.39, 0.29) is 12.3 Å². The molecule has 1 amide bonds. The van der Waals surface area contributed by atoms with E-state index in [1.54, 1.807) is 19.1 Å². The van der Waals surface area contributed by atoms with Crippen molar-refractivity contribution in [2.45, 2.75) is 38.9 Å². The number of carbonyl (C=O) groups is 1. The first-order valence-corrected chi connectivity index (χ1v) is 6.60. The summed E-state index contributed by atoms with van der Waals surface area (Å²) >= 11 is 0. The summed E-state index contributed by atoms with van der Waals surface area (Å²) in [6.45, 7) is 6.26. The summed E-state index contributed by atoms with van der Waals surface area (Å²) in [5.41, 5.74) is 0.760. The van der Waals surface area contributed by atoms with E-state index in [0.29, 0.717) is 6.42 Å². The van der Waals surface area contributed by atoms with Crippen LogP contribution in [0.1, 0.15) is 26.7 Å². The van der Waals surface area contributed by atoms with Gasteiger partial charge in [-0.1, -0.05) is 36.5 Å². The van der Waals surface area contributed by atoms with Gasteiger partial charge in [-0.05, 0) is 20.3 Å². The second kappa shape index (κ2) is 6.77. The second-order valence-corrected chi connectivity index (χ2v) is 4.98. The molecule has 5 heteroatoms. The quantitative estimate of drug-likeness (QED) is 0.719. The first-order chi connectivity index (χ1) is 9.26. The Hall–Kier alpha value is -1.52. The highest BCUT2D eigenvalue weighted by Crippen LogP contribution is 2.32. The number of carbonyl (C=O) groups excluding carboxylic acids is 1. The van der Waals surface area contributed by atoms with E-state index < -0.39 is 24.7 Å². The van der Waals surface area contributed by atoms with Crippen molar-refractivity contribution in [1.82, 2.24) is 4.90 Å². The molecule has 112 valence electrons. The molecule has 0 N–H and O–H groups in total. The Morgan fingerprint density at radius 2 is 2.10 bits per heavy atom. The number of allylic oxidation sites excluding steroid dienone is 4. The van der Waals surface area contributed by atoms with Gasteiger partial charge in [0.05, 0.1) is 0 Å². The van der Waals surface area contributed by atoms with Gasteiger partial charge < -0.3 is 4.90 Å². The average molecular weight is 287 g/mol.